The van der Waals surface area contributed by atoms with E-state index < -0.39 is 11.6 Å². The van der Waals surface area contributed by atoms with E-state index in [1.165, 1.54) is 0 Å². The lowest BCUT2D eigenvalue weighted by atomic mass is 9.81. The Morgan fingerprint density at radius 3 is 2.33 bits per heavy atom. The first-order chi connectivity index (χ1) is 17.3. The molecule has 8 heteroatoms. The third kappa shape index (κ3) is 4.88. The van der Waals surface area contributed by atoms with E-state index in [9.17, 15) is 9.90 Å². The number of piperazine rings is 1. The summed E-state index contributed by atoms with van der Waals surface area (Å²) in [7, 11) is 2.10. The molecule has 1 fully saturated rings. The molecular formula is C28H32N6O2. The number of carbonyl (C=O) groups excluding carboxylic acids is 1. The van der Waals surface area contributed by atoms with Crippen molar-refractivity contribution in [2.75, 3.05) is 38.5 Å². The number of nitrogens with one attached hydrogen (secondary N) is 1. The van der Waals surface area contributed by atoms with Crippen molar-refractivity contribution in [3.63, 3.8) is 0 Å². The van der Waals surface area contributed by atoms with Crippen LogP contribution in [0.1, 0.15) is 29.8 Å². The summed E-state index contributed by atoms with van der Waals surface area (Å²) in [5, 5.41) is 14.0. The summed E-state index contributed by atoms with van der Waals surface area (Å²) < 4.78 is 1.90. The predicted molar refractivity (Wildman–Crippen MR) is 141 cm³/mol. The summed E-state index contributed by atoms with van der Waals surface area (Å²) in [6.45, 7) is 7.65. The fraction of sp³-hybridized carbons (Fsp3) is 0.321. The van der Waals surface area contributed by atoms with Gasteiger partial charge >= 0.3 is 0 Å². The van der Waals surface area contributed by atoms with Gasteiger partial charge in [0.2, 0.25) is 0 Å². The Hall–Kier alpha value is -3.59. The van der Waals surface area contributed by atoms with Gasteiger partial charge in [0.15, 0.2) is 5.82 Å². The second kappa shape index (κ2) is 9.81. The number of aliphatic hydroxyl groups excluding tert-OH is 1. The third-order valence-corrected chi connectivity index (χ3v) is 7.13. The molecule has 3 aromatic heterocycles. The summed E-state index contributed by atoms with van der Waals surface area (Å²) in [6, 6.07) is 15.3. The first-order valence-electron chi connectivity index (χ1n) is 12.2. The van der Waals surface area contributed by atoms with Gasteiger partial charge in [-0.2, -0.15) is 0 Å². The van der Waals surface area contributed by atoms with Crippen molar-refractivity contribution in [1.82, 2.24) is 24.2 Å². The van der Waals surface area contributed by atoms with Crippen molar-refractivity contribution in [2.45, 2.75) is 25.5 Å². The lowest BCUT2D eigenvalue weighted by Crippen LogP contribution is -2.54. The minimum absolute atomic E-state index is 0.225. The number of aliphatic hydroxyl groups is 1. The number of likely N-dealkylation sites (N-methyl/N-ethyl adjacent to an activating group) is 1. The first kappa shape index (κ1) is 24.1. The van der Waals surface area contributed by atoms with E-state index in [0.29, 0.717) is 11.4 Å². The number of hydrogen-bond acceptors (Lipinski definition) is 6. The van der Waals surface area contributed by atoms with E-state index in [0.717, 1.165) is 48.5 Å². The zero-order chi connectivity index (χ0) is 25.3. The largest absolute Gasteiger partial charge is 0.377 e. The van der Waals surface area contributed by atoms with Crippen LogP contribution in [0.25, 0.3) is 16.8 Å². The second-order valence-electron chi connectivity index (χ2n) is 10.0. The van der Waals surface area contributed by atoms with E-state index in [-0.39, 0.29) is 5.91 Å². The molecule has 1 atom stereocenters. The van der Waals surface area contributed by atoms with Crippen LogP contribution < -0.4 is 5.32 Å². The molecule has 0 bridgehead atoms. The minimum atomic E-state index is -0.596. The average molecular weight is 485 g/mol. The fourth-order valence-electron chi connectivity index (χ4n) is 4.68. The van der Waals surface area contributed by atoms with E-state index >= 15 is 0 Å². The Labute approximate surface area is 211 Å². The number of hydrogen-bond donors (Lipinski definition) is 2. The van der Waals surface area contributed by atoms with Crippen molar-refractivity contribution in [1.29, 1.82) is 0 Å². The van der Waals surface area contributed by atoms with Crippen LogP contribution in [0.3, 0.4) is 0 Å². The number of imidazole rings is 1. The highest BCUT2D eigenvalue weighted by atomic mass is 16.3. The predicted octanol–water partition coefficient (Wildman–Crippen LogP) is 3.49. The third-order valence-electron chi connectivity index (χ3n) is 7.13. The van der Waals surface area contributed by atoms with E-state index in [4.69, 9.17) is 0 Å². The molecule has 1 aliphatic rings. The first-order valence-corrected chi connectivity index (χ1v) is 12.2. The quantitative estimate of drug-likeness (QED) is 0.436. The number of pyridine rings is 2. The van der Waals surface area contributed by atoms with Gasteiger partial charge in [0.1, 0.15) is 11.9 Å². The monoisotopic (exact) mass is 484 g/mol. The Morgan fingerprint density at radius 1 is 0.944 bits per heavy atom. The number of rotatable bonds is 6. The Bertz CT molecular complexity index is 1340. The number of amides is 1. The van der Waals surface area contributed by atoms with Gasteiger partial charge in [-0.1, -0.05) is 26.0 Å². The number of benzene rings is 1. The molecule has 0 spiro atoms. The summed E-state index contributed by atoms with van der Waals surface area (Å²) in [5.41, 5.74) is 3.90. The molecule has 186 valence electrons. The summed E-state index contributed by atoms with van der Waals surface area (Å²) >= 11 is 0. The maximum atomic E-state index is 12.9. The van der Waals surface area contributed by atoms with Crippen LogP contribution in [0.15, 0.2) is 73.3 Å². The van der Waals surface area contributed by atoms with Crippen molar-refractivity contribution in [3.05, 3.63) is 84.4 Å². The zero-order valence-corrected chi connectivity index (χ0v) is 20.9. The molecule has 2 N–H and O–H groups in total. The highest BCUT2D eigenvalue weighted by Crippen LogP contribution is 2.30. The molecule has 5 rings (SSSR count). The van der Waals surface area contributed by atoms with Gasteiger partial charge in [0.25, 0.3) is 5.91 Å². The fourth-order valence-corrected chi connectivity index (χ4v) is 4.68. The lowest BCUT2D eigenvalue weighted by molar-refractivity contribution is -0.0633. The Balaban J connectivity index is 1.28. The number of aromatic nitrogens is 3. The topological polar surface area (TPSA) is 86.0 Å². The van der Waals surface area contributed by atoms with Crippen LogP contribution in [-0.2, 0) is 5.41 Å². The van der Waals surface area contributed by atoms with Gasteiger partial charge in [0.05, 0.1) is 6.20 Å². The molecule has 4 heterocycles. The minimum Gasteiger partial charge on any atom is -0.377 e. The SMILES string of the molecule is CN1CCN(C(O)C(C)(C)c2ccc(C(=O)Nc3cn4cc(-c5ccncc5)ccc4n3)cc2)CC1. The number of carbonyl (C=O) groups is 1. The normalized spacial score (nSPS) is 16.2. The summed E-state index contributed by atoms with van der Waals surface area (Å²) in [6.07, 6.45) is 6.72. The molecule has 36 heavy (non-hydrogen) atoms. The lowest BCUT2D eigenvalue weighted by Gasteiger charge is -2.42. The molecular weight excluding hydrogens is 452 g/mol. The van der Waals surface area contributed by atoms with Crippen LogP contribution in [0.2, 0.25) is 0 Å². The van der Waals surface area contributed by atoms with Crippen LogP contribution in [0.4, 0.5) is 5.82 Å². The number of anilines is 1. The van der Waals surface area contributed by atoms with Gasteiger partial charge < -0.3 is 19.7 Å². The molecule has 1 saturated heterocycles. The van der Waals surface area contributed by atoms with Gasteiger partial charge in [0, 0.05) is 55.7 Å². The molecule has 1 unspecified atom stereocenters. The number of nitrogens with zero attached hydrogens (tertiary/aromatic N) is 5. The van der Waals surface area contributed by atoms with Crippen LogP contribution >= 0.6 is 0 Å². The highest BCUT2D eigenvalue weighted by Gasteiger charge is 2.35. The molecule has 8 nitrogen and oxygen atoms in total. The Kier molecular flexibility index (Phi) is 6.57. The van der Waals surface area contributed by atoms with Gasteiger partial charge in [-0.05, 0) is 60.1 Å². The highest BCUT2D eigenvalue weighted by molar-refractivity contribution is 6.03. The van der Waals surface area contributed by atoms with Crippen LogP contribution in [0, 0.1) is 0 Å². The Morgan fingerprint density at radius 2 is 1.64 bits per heavy atom. The van der Waals surface area contributed by atoms with E-state index in [1.807, 2.05) is 67.0 Å². The van der Waals surface area contributed by atoms with Gasteiger partial charge in [-0.15, -0.1) is 0 Å². The maximum Gasteiger partial charge on any atom is 0.256 e. The van der Waals surface area contributed by atoms with Crippen LogP contribution in [0.5, 0.6) is 0 Å². The van der Waals surface area contributed by atoms with E-state index in [2.05, 4.69) is 32.1 Å². The van der Waals surface area contributed by atoms with E-state index in [1.54, 1.807) is 24.5 Å². The van der Waals surface area contributed by atoms with Gasteiger partial charge in [-0.25, -0.2) is 4.98 Å². The number of fused-ring (bicyclic) bond motifs is 1. The van der Waals surface area contributed by atoms with Crippen LogP contribution in [-0.4, -0.2) is 74.6 Å². The average Bonchev–Trinajstić information content (AvgIpc) is 3.30. The molecule has 1 aromatic carbocycles. The molecule has 0 radical (unpaired) electrons. The van der Waals surface area contributed by atoms with Gasteiger partial charge in [-0.3, -0.25) is 14.7 Å². The molecule has 4 aromatic rings. The van der Waals surface area contributed by atoms with Crippen molar-refractivity contribution in [3.8, 4) is 11.1 Å². The van der Waals surface area contributed by atoms with Crippen molar-refractivity contribution in [2.24, 2.45) is 0 Å². The summed E-state index contributed by atoms with van der Waals surface area (Å²) in [5.74, 6) is 0.263. The molecule has 1 aliphatic heterocycles. The zero-order valence-electron chi connectivity index (χ0n) is 20.9. The molecule has 0 saturated carbocycles. The molecule has 1 amide bonds. The maximum absolute atomic E-state index is 12.9. The standard InChI is InChI=1S/C28H32N6O2/c1-28(2,27(36)33-16-14-32(3)15-17-33)23-7-4-21(5-8-23)26(35)31-24-19-34-18-22(6-9-25(34)30-24)20-10-12-29-13-11-20/h4-13,18-19,27,36H,14-17H2,1-3H3,(H,31,35). The van der Waals surface area contributed by atoms with Crippen molar-refractivity contribution >= 4 is 17.4 Å². The molecule has 0 aliphatic carbocycles. The smallest absolute Gasteiger partial charge is 0.256 e. The second-order valence-corrected chi connectivity index (χ2v) is 10.0. The van der Waals surface area contributed by atoms with Crippen molar-refractivity contribution < 1.29 is 9.90 Å². The summed E-state index contributed by atoms with van der Waals surface area (Å²) in [4.78, 5) is 25.9.